The van der Waals surface area contributed by atoms with Gasteiger partial charge in [-0.15, -0.1) is 0 Å². The van der Waals surface area contributed by atoms with Gasteiger partial charge in [-0.25, -0.2) is 0 Å². The molecule has 9 atom stereocenters. The lowest BCUT2D eigenvalue weighted by Gasteiger charge is -2.44. The van der Waals surface area contributed by atoms with Crippen molar-refractivity contribution in [2.24, 2.45) is 0 Å². The molecule has 16 nitrogen and oxygen atoms in total. The van der Waals surface area contributed by atoms with Crippen molar-refractivity contribution < 1.29 is 74.1 Å². The summed E-state index contributed by atoms with van der Waals surface area (Å²) in [5, 5.41) is 91.5. The predicted molar refractivity (Wildman–Crippen MR) is 140 cm³/mol. The zero-order valence-corrected chi connectivity index (χ0v) is 22.4. The second-order valence-corrected chi connectivity index (χ2v) is 9.99. The maximum atomic E-state index is 13.8. The van der Waals surface area contributed by atoms with Gasteiger partial charge in [0, 0.05) is 17.7 Å². The Morgan fingerprint density at radius 1 is 0.884 bits per heavy atom. The molecule has 9 N–H and O–H groups in total. The number of hydrogen-bond acceptors (Lipinski definition) is 16. The standard InChI is InChI=1S/C27H30O16/c1-38-10-5-13(31)17-15(6-10)40-23(9-2-3-11(29)12(30)4-9)24(20(17)35)42-27-25(21(36)19(34)16(7-28)41-27)43-26-22(37)18(33)14(32)8-39-26/h2-6,14,16,18-19,21-22,25-34,36-37H,7-8H2,1H3/t14-,16-,18+,19-,21+,22-,25-,26-,27-/m1/s1. The molecule has 234 valence electrons. The predicted octanol–water partition coefficient (Wildman–Crippen LogP) is -1.77. The normalized spacial score (nSPS) is 31.2. The number of hydrogen-bond donors (Lipinski definition) is 9. The number of methoxy groups -OCH3 is 1. The Bertz CT molecular complexity index is 1520. The molecule has 16 heteroatoms. The van der Waals surface area contributed by atoms with Crippen molar-refractivity contribution in [3.05, 3.63) is 40.6 Å². The summed E-state index contributed by atoms with van der Waals surface area (Å²) < 4.78 is 33.4. The average molecular weight is 611 g/mol. The molecule has 2 fully saturated rings. The summed E-state index contributed by atoms with van der Waals surface area (Å²) in [5.74, 6) is -2.50. The maximum Gasteiger partial charge on any atom is 0.239 e. The van der Waals surface area contributed by atoms with Gasteiger partial charge in [0.05, 0.1) is 20.3 Å². The monoisotopic (exact) mass is 610 g/mol. The number of phenols is 3. The van der Waals surface area contributed by atoms with E-state index in [1.54, 1.807) is 0 Å². The third kappa shape index (κ3) is 5.67. The number of aliphatic hydroxyl groups excluding tert-OH is 6. The van der Waals surface area contributed by atoms with Crippen LogP contribution >= 0.6 is 0 Å². The highest BCUT2D eigenvalue weighted by molar-refractivity contribution is 5.88. The third-order valence-electron chi connectivity index (χ3n) is 7.18. The third-order valence-corrected chi connectivity index (χ3v) is 7.18. The van der Waals surface area contributed by atoms with Crippen LogP contribution in [-0.4, -0.2) is 122 Å². The van der Waals surface area contributed by atoms with E-state index < -0.39 is 96.9 Å². The fourth-order valence-corrected chi connectivity index (χ4v) is 4.80. The molecule has 2 aromatic carbocycles. The number of rotatable bonds is 7. The molecule has 0 amide bonds. The van der Waals surface area contributed by atoms with Crippen LogP contribution in [-0.2, 0) is 14.2 Å². The van der Waals surface area contributed by atoms with Crippen LogP contribution in [0.2, 0.25) is 0 Å². The van der Waals surface area contributed by atoms with Crippen molar-refractivity contribution in [2.75, 3.05) is 20.3 Å². The molecule has 3 heterocycles. The summed E-state index contributed by atoms with van der Waals surface area (Å²) in [4.78, 5) is 13.8. The van der Waals surface area contributed by atoms with Gasteiger partial charge in [-0.3, -0.25) is 4.79 Å². The summed E-state index contributed by atoms with van der Waals surface area (Å²) in [6.07, 6.45) is -15.4. The fraction of sp³-hybridized carbons (Fsp3) is 0.444. The van der Waals surface area contributed by atoms with E-state index in [1.165, 1.54) is 19.2 Å². The second kappa shape index (κ2) is 12.1. The summed E-state index contributed by atoms with van der Waals surface area (Å²) >= 11 is 0. The largest absolute Gasteiger partial charge is 0.507 e. The summed E-state index contributed by atoms with van der Waals surface area (Å²) in [6, 6.07) is 5.87. The lowest BCUT2D eigenvalue weighted by atomic mass is 9.98. The lowest BCUT2D eigenvalue weighted by molar-refractivity contribution is -0.345. The Hall–Kier alpha value is -3.71. The zero-order valence-electron chi connectivity index (χ0n) is 22.4. The molecule has 3 aromatic rings. The molecule has 5 rings (SSSR count). The van der Waals surface area contributed by atoms with Crippen molar-refractivity contribution in [3.63, 3.8) is 0 Å². The highest BCUT2D eigenvalue weighted by atomic mass is 16.8. The van der Waals surface area contributed by atoms with Gasteiger partial charge < -0.3 is 74.1 Å². The van der Waals surface area contributed by atoms with E-state index in [-0.39, 0.29) is 28.0 Å². The smallest absolute Gasteiger partial charge is 0.239 e. The van der Waals surface area contributed by atoms with Gasteiger partial charge in [0.25, 0.3) is 0 Å². The van der Waals surface area contributed by atoms with Gasteiger partial charge in [-0.05, 0) is 18.2 Å². The molecule has 2 aliphatic rings. The van der Waals surface area contributed by atoms with Crippen LogP contribution in [0.3, 0.4) is 0 Å². The van der Waals surface area contributed by atoms with E-state index in [4.69, 9.17) is 28.1 Å². The minimum atomic E-state index is -1.89. The van der Waals surface area contributed by atoms with Crippen LogP contribution in [0.25, 0.3) is 22.3 Å². The van der Waals surface area contributed by atoms with Crippen LogP contribution in [0.15, 0.2) is 39.5 Å². The van der Waals surface area contributed by atoms with Crippen molar-refractivity contribution in [1.82, 2.24) is 0 Å². The highest BCUT2D eigenvalue weighted by Crippen LogP contribution is 2.40. The van der Waals surface area contributed by atoms with E-state index in [1.807, 2.05) is 0 Å². The molecule has 0 unspecified atom stereocenters. The van der Waals surface area contributed by atoms with Gasteiger partial charge in [-0.1, -0.05) is 0 Å². The molecule has 0 saturated carbocycles. The highest BCUT2D eigenvalue weighted by Gasteiger charge is 2.50. The van der Waals surface area contributed by atoms with E-state index in [0.717, 1.165) is 18.2 Å². The Morgan fingerprint density at radius 3 is 2.30 bits per heavy atom. The van der Waals surface area contributed by atoms with E-state index in [0.29, 0.717) is 0 Å². The Labute approximate surface area is 241 Å². The van der Waals surface area contributed by atoms with Crippen LogP contribution in [0, 0.1) is 0 Å². The first-order chi connectivity index (χ1) is 20.4. The first kappa shape index (κ1) is 30.7. The number of benzene rings is 2. The van der Waals surface area contributed by atoms with E-state index >= 15 is 0 Å². The van der Waals surface area contributed by atoms with Gasteiger partial charge >= 0.3 is 0 Å². The minimum absolute atomic E-state index is 0.00215. The van der Waals surface area contributed by atoms with Gasteiger partial charge in [0.15, 0.2) is 29.7 Å². The lowest BCUT2D eigenvalue weighted by Crippen LogP contribution is -2.64. The molecule has 2 aliphatic heterocycles. The Balaban J connectivity index is 1.62. The van der Waals surface area contributed by atoms with Crippen molar-refractivity contribution >= 4 is 11.0 Å². The first-order valence-electron chi connectivity index (χ1n) is 13.0. The number of ether oxygens (including phenoxy) is 5. The second-order valence-electron chi connectivity index (χ2n) is 9.99. The molecule has 1 aromatic heterocycles. The topological polar surface area (TPSA) is 258 Å². The quantitative estimate of drug-likeness (QED) is 0.134. The molecule has 0 radical (unpaired) electrons. The first-order valence-corrected chi connectivity index (χ1v) is 13.0. The average Bonchev–Trinajstić information content (AvgIpc) is 2.98. The molecule has 43 heavy (non-hydrogen) atoms. The van der Waals surface area contributed by atoms with E-state index in [2.05, 4.69) is 0 Å². The van der Waals surface area contributed by atoms with Crippen LogP contribution < -0.4 is 14.9 Å². The summed E-state index contributed by atoms with van der Waals surface area (Å²) in [7, 11) is 1.32. The summed E-state index contributed by atoms with van der Waals surface area (Å²) in [6.45, 7) is -1.28. The fourth-order valence-electron chi connectivity index (χ4n) is 4.80. The molecule has 0 bridgehead atoms. The molecule has 0 spiro atoms. The van der Waals surface area contributed by atoms with Gasteiger partial charge in [0.2, 0.25) is 17.5 Å². The number of aromatic hydroxyl groups is 3. The Kier molecular flexibility index (Phi) is 8.66. The van der Waals surface area contributed by atoms with Crippen LogP contribution in [0.1, 0.15) is 0 Å². The zero-order chi connectivity index (χ0) is 31.2. The van der Waals surface area contributed by atoms with Crippen LogP contribution in [0.4, 0.5) is 0 Å². The minimum Gasteiger partial charge on any atom is -0.507 e. The molecular weight excluding hydrogens is 580 g/mol. The van der Waals surface area contributed by atoms with Gasteiger partial charge in [-0.2, -0.15) is 0 Å². The molecule has 0 aliphatic carbocycles. The van der Waals surface area contributed by atoms with Crippen LogP contribution in [0.5, 0.6) is 28.7 Å². The number of phenolic OH excluding ortho intramolecular Hbond substituents is 3. The van der Waals surface area contributed by atoms with E-state index in [9.17, 15) is 50.8 Å². The summed E-state index contributed by atoms with van der Waals surface area (Å²) in [5.41, 5.74) is -1.13. The van der Waals surface area contributed by atoms with Gasteiger partial charge in [0.1, 0.15) is 59.1 Å². The molecule has 2 saturated heterocycles. The molecular formula is C27H30O16. The number of fused-ring (bicyclic) bond motifs is 1. The maximum absolute atomic E-state index is 13.8. The number of aliphatic hydroxyl groups is 6. The SMILES string of the molecule is COc1cc(O)c2c(=O)c(O[C@H]3O[C@H](CO)[C@@H](O)[C@H](O)[C@H]3O[C@H]3OC[C@@H](O)[C@H](O)[C@H]3O)c(-c3ccc(O)c(O)c3)oc2c1. The van der Waals surface area contributed by atoms with Crippen molar-refractivity contribution in [1.29, 1.82) is 0 Å². The van der Waals surface area contributed by atoms with Crippen molar-refractivity contribution in [2.45, 2.75) is 55.3 Å². The Morgan fingerprint density at radius 2 is 1.63 bits per heavy atom. The van der Waals surface area contributed by atoms with Crippen molar-refractivity contribution in [3.8, 4) is 40.1 Å².